The Morgan fingerprint density at radius 1 is 1.50 bits per heavy atom. The summed E-state index contributed by atoms with van der Waals surface area (Å²) in [5.41, 5.74) is 0. The number of amides is 3. The van der Waals surface area contributed by atoms with Crippen molar-refractivity contribution in [3.8, 4) is 12.3 Å². The zero-order chi connectivity index (χ0) is 12.4. The number of hydrogen-bond acceptors (Lipinski definition) is 4. The van der Waals surface area contributed by atoms with E-state index in [1.54, 1.807) is 18.7 Å². The number of imide groups is 1. The number of nitrogens with one attached hydrogen (secondary N) is 3. The lowest BCUT2D eigenvalue weighted by Crippen LogP contribution is -2.47. The van der Waals surface area contributed by atoms with Crippen LogP contribution < -0.4 is 16.0 Å². The van der Waals surface area contributed by atoms with Crippen LogP contribution in [-0.4, -0.2) is 43.1 Å². The Balaban J connectivity index is 3.64. The van der Waals surface area contributed by atoms with Crippen LogP contribution in [0.4, 0.5) is 4.79 Å². The van der Waals surface area contributed by atoms with Crippen molar-refractivity contribution in [1.82, 2.24) is 16.0 Å². The van der Waals surface area contributed by atoms with Gasteiger partial charge in [0.05, 0.1) is 11.8 Å². The van der Waals surface area contributed by atoms with Gasteiger partial charge in [0.25, 0.3) is 0 Å². The molecule has 0 rings (SSSR count). The molecule has 0 aromatic carbocycles. The van der Waals surface area contributed by atoms with E-state index in [0.717, 1.165) is 5.75 Å². The number of rotatable bonds is 6. The molecule has 0 aromatic heterocycles. The van der Waals surface area contributed by atoms with E-state index in [9.17, 15) is 9.59 Å². The molecule has 0 saturated heterocycles. The predicted molar refractivity (Wildman–Crippen MR) is 66.2 cm³/mol. The molecule has 0 bridgehead atoms. The monoisotopic (exact) mass is 243 g/mol. The van der Waals surface area contributed by atoms with Gasteiger partial charge in [0.2, 0.25) is 5.91 Å². The number of hydrogen-bond donors (Lipinski definition) is 3. The zero-order valence-corrected chi connectivity index (χ0v) is 10.3. The minimum absolute atomic E-state index is 0.346. The second-order valence-electron chi connectivity index (χ2n) is 3.00. The Bertz CT molecular complexity index is 276. The van der Waals surface area contributed by atoms with E-state index in [2.05, 4.69) is 21.9 Å². The van der Waals surface area contributed by atoms with Gasteiger partial charge < -0.3 is 10.6 Å². The van der Waals surface area contributed by atoms with Crippen LogP contribution in [0, 0.1) is 12.3 Å². The Hall–Kier alpha value is -1.19. The van der Waals surface area contributed by atoms with E-state index in [1.165, 1.54) is 7.05 Å². The van der Waals surface area contributed by atoms with Gasteiger partial charge in [-0.25, -0.2) is 4.79 Å². The lowest BCUT2D eigenvalue weighted by molar-refractivity contribution is -0.121. The normalized spacial score (nSPS) is 11.3. The Labute approximate surface area is 100 Å². The molecule has 0 radical (unpaired) electrons. The summed E-state index contributed by atoms with van der Waals surface area (Å²) in [5, 5.41) is 7.49. The molecule has 0 spiro atoms. The third-order valence-electron chi connectivity index (χ3n) is 1.74. The lowest BCUT2D eigenvalue weighted by Gasteiger charge is -2.12. The first-order valence-electron chi connectivity index (χ1n) is 4.89. The average molecular weight is 243 g/mol. The summed E-state index contributed by atoms with van der Waals surface area (Å²) in [6, 6.07) is -0.899. The second kappa shape index (κ2) is 9.07. The first-order chi connectivity index (χ1) is 7.61. The van der Waals surface area contributed by atoms with Crippen molar-refractivity contribution in [3.05, 3.63) is 0 Å². The maximum atomic E-state index is 11.4. The average Bonchev–Trinajstić information content (AvgIpc) is 2.28. The molecule has 0 aliphatic rings. The van der Waals surface area contributed by atoms with Gasteiger partial charge >= 0.3 is 6.03 Å². The number of carbonyl (C=O) groups excluding carboxylic acids is 2. The molecule has 0 aromatic rings. The number of carbonyl (C=O) groups is 2. The molecular weight excluding hydrogens is 226 g/mol. The van der Waals surface area contributed by atoms with E-state index < -0.39 is 12.1 Å². The van der Waals surface area contributed by atoms with Crippen LogP contribution >= 0.6 is 11.8 Å². The highest BCUT2D eigenvalue weighted by atomic mass is 32.2. The first-order valence-corrected chi connectivity index (χ1v) is 6.04. The fraction of sp³-hybridized carbons (Fsp3) is 0.600. The molecule has 1 atom stereocenters. The molecule has 3 amide bonds. The molecule has 5 nitrogen and oxygen atoms in total. The van der Waals surface area contributed by atoms with E-state index >= 15 is 0 Å². The minimum atomic E-state index is -0.500. The van der Waals surface area contributed by atoms with Crippen molar-refractivity contribution in [2.45, 2.75) is 13.0 Å². The standard InChI is InChI=1S/C10H17N3O2S/c1-4-6-16-7-5-12-8(2)9(14)13-10(15)11-3/h1,8,12H,5-7H2,2-3H3,(H2,11,13,14,15). The van der Waals surface area contributed by atoms with E-state index in [1.807, 2.05) is 0 Å². The van der Waals surface area contributed by atoms with Crippen LogP contribution in [-0.2, 0) is 4.79 Å². The van der Waals surface area contributed by atoms with E-state index in [-0.39, 0.29) is 5.91 Å². The summed E-state index contributed by atoms with van der Waals surface area (Å²) in [5.74, 6) is 3.67. The largest absolute Gasteiger partial charge is 0.341 e. The van der Waals surface area contributed by atoms with Gasteiger partial charge in [-0.1, -0.05) is 5.92 Å². The molecule has 1 unspecified atom stereocenters. The van der Waals surface area contributed by atoms with Gasteiger partial charge in [-0.3, -0.25) is 10.1 Å². The first kappa shape index (κ1) is 14.8. The van der Waals surface area contributed by atoms with Gasteiger partial charge in [0.15, 0.2) is 0 Å². The molecule has 0 fully saturated rings. The van der Waals surface area contributed by atoms with E-state index in [4.69, 9.17) is 6.42 Å². The SMILES string of the molecule is C#CCSCCNC(C)C(=O)NC(=O)NC. The molecular formula is C10H17N3O2S. The molecule has 0 saturated carbocycles. The summed E-state index contributed by atoms with van der Waals surface area (Å²) in [7, 11) is 1.46. The van der Waals surface area contributed by atoms with Crippen molar-refractivity contribution in [2.75, 3.05) is 25.1 Å². The van der Waals surface area contributed by atoms with Gasteiger partial charge in [-0.2, -0.15) is 0 Å². The van der Waals surface area contributed by atoms with Crippen molar-refractivity contribution < 1.29 is 9.59 Å². The summed E-state index contributed by atoms with van der Waals surface area (Å²) in [6.07, 6.45) is 5.09. The van der Waals surface area contributed by atoms with Gasteiger partial charge in [-0.15, -0.1) is 18.2 Å². The zero-order valence-electron chi connectivity index (χ0n) is 9.50. The van der Waals surface area contributed by atoms with Crippen LogP contribution in [0.5, 0.6) is 0 Å². The lowest BCUT2D eigenvalue weighted by atomic mass is 10.3. The van der Waals surface area contributed by atoms with Crippen LogP contribution in [0.3, 0.4) is 0 Å². The summed E-state index contributed by atoms with van der Waals surface area (Å²) < 4.78 is 0. The molecule has 90 valence electrons. The summed E-state index contributed by atoms with van der Waals surface area (Å²) >= 11 is 1.62. The molecule has 3 N–H and O–H groups in total. The third kappa shape index (κ3) is 7.15. The highest BCUT2D eigenvalue weighted by Crippen LogP contribution is 1.95. The van der Waals surface area contributed by atoms with Crippen molar-refractivity contribution in [2.24, 2.45) is 0 Å². The van der Waals surface area contributed by atoms with Crippen LogP contribution in [0.25, 0.3) is 0 Å². The number of urea groups is 1. The van der Waals surface area contributed by atoms with Gasteiger partial charge in [0, 0.05) is 19.3 Å². The maximum Gasteiger partial charge on any atom is 0.321 e. The molecule has 0 aliphatic heterocycles. The van der Waals surface area contributed by atoms with Crippen molar-refractivity contribution >= 4 is 23.7 Å². The molecule has 0 aliphatic carbocycles. The fourth-order valence-corrected chi connectivity index (χ4v) is 1.38. The highest BCUT2D eigenvalue weighted by Gasteiger charge is 2.13. The molecule has 6 heteroatoms. The Morgan fingerprint density at radius 3 is 2.75 bits per heavy atom. The molecule has 0 heterocycles. The van der Waals surface area contributed by atoms with Crippen molar-refractivity contribution in [1.29, 1.82) is 0 Å². The maximum absolute atomic E-state index is 11.4. The molecule has 16 heavy (non-hydrogen) atoms. The summed E-state index contributed by atoms with van der Waals surface area (Å²) in [4.78, 5) is 22.2. The number of thioether (sulfide) groups is 1. The highest BCUT2D eigenvalue weighted by molar-refractivity contribution is 7.99. The van der Waals surface area contributed by atoms with Crippen LogP contribution in [0.15, 0.2) is 0 Å². The van der Waals surface area contributed by atoms with Gasteiger partial charge in [0.1, 0.15) is 0 Å². The topological polar surface area (TPSA) is 70.2 Å². The quantitative estimate of drug-likeness (QED) is 0.446. The Morgan fingerprint density at radius 2 is 2.19 bits per heavy atom. The summed E-state index contributed by atoms with van der Waals surface area (Å²) in [6.45, 7) is 2.37. The second-order valence-corrected chi connectivity index (χ2v) is 4.11. The fourth-order valence-electron chi connectivity index (χ4n) is 0.854. The van der Waals surface area contributed by atoms with Crippen LogP contribution in [0.2, 0.25) is 0 Å². The van der Waals surface area contributed by atoms with Crippen molar-refractivity contribution in [3.63, 3.8) is 0 Å². The van der Waals surface area contributed by atoms with Gasteiger partial charge in [-0.05, 0) is 6.92 Å². The smallest absolute Gasteiger partial charge is 0.321 e. The predicted octanol–water partition coefficient (Wildman–Crippen LogP) is -0.213. The third-order valence-corrected chi connectivity index (χ3v) is 2.60. The Kier molecular flexibility index (Phi) is 8.39. The van der Waals surface area contributed by atoms with E-state index in [0.29, 0.717) is 12.3 Å². The minimum Gasteiger partial charge on any atom is -0.341 e. The number of terminal acetylenes is 1. The van der Waals surface area contributed by atoms with Crippen LogP contribution in [0.1, 0.15) is 6.92 Å².